The van der Waals surface area contributed by atoms with Crippen molar-refractivity contribution in [1.82, 2.24) is 5.32 Å². The van der Waals surface area contributed by atoms with Gasteiger partial charge in [-0.2, -0.15) is 0 Å². The Kier molecular flexibility index (Phi) is 57.5. The van der Waals surface area contributed by atoms with E-state index in [9.17, 15) is 19.8 Å². The van der Waals surface area contributed by atoms with E-state index in [0.717, 1.165) is 38.5 Å². The number of nitrogens with one attached hydrogen (secondary N) is 1. The van der Waals surface area contributed by atoms with E-state index in [1.54, 1.807) is 0 Å². The van der Waals surface area contributed by atoms with Gasteiger partial charge < -0.3 is 20.3 Å². The number of hydrogen-bond donors (Lipinski definition) is 3. The van der Waals surface area contributed by atoms with Gasteiger partial charge in [-0.15, -0.1) is 0 Å². The number of aliphatic hydroxyl groups excluding tert-OH is 2. The standard InChI is InChI=1S/C62H123NO5/c1-3-5-7-9-11-13-15-16-17-30-33-36-40-44-48-52-56-62(67)68-57-53-49-45-41-37-34-31-28-26-24-22-20-18-19-21-23-25-27-29-32-35-39-43-47-51-55-61(66)63-59(58-64)60(65)54-50-46-42-38-14-12-10-8-6-4-2/h59-60,64-65H,3-58H2,1-2H3,(H,63,66). The highest BCUT2D eigenvalue weighted by atomic mass is 16.5. The number of carbonyl (C=O) groups is 2. The third-order valence-electron chi connectivity index (χ3n) is 14.9. The zero-order chi connectivity index (χ0) is 49.3. The quantitative estimate of drug-likeness (QED) is 0.0417. The zero-order valence-corrected chi connectivity index (χ0v) is 46.4. The van der Waals surface area contributed by atoms with Crippen LogP contribution in [0.15, 0.2) is 0 Å². The van der Waals surface area contributed by atoms with Gasteiger partial charge in [0.25, 0.3) is 0 Å². The van der Waals surface area contributed by atoms with Gasteiger partial charge in [-0.3, -0.25) is 9.59 Å². The second-order valence-corrected chi connectivity index (χ2v) is 21.8. The van der Waals surface area contributed by atoms with Crippen molar-refractivity contribution in [3.63, 3.8) is 0 Å². The van der Waals surface area contributed by atoms with Crippen LogP contribution in [0.25, 0.3) is 0 Å². The average Bonchev–Trinajstić information content (AvgIpc) is 3.34. The monoisotopic (exact) mass is 962 g/mol. The van der Waals surface area contributed by atoms with Crippen molar-refractivity contribution in [3.8, 4) is 0 Å². The summed E-state index contributed by atoms with van der Waals surface area (Å²) < 4.78 is 5.50. The lowest BCUT2D eigenvalue weighted by Gasteiger charge is -2.22. The Bertz CT molecular complexity index is 975. The maximum atomic E-state index is 12.4. The van der Waals surface area contributed by atoms with Crippen LogP contribution >= 0.6 is 0 Å². The van der Waals surface area contributed by atoms with Gasteiger partial charge in [-0.05, 0) is 25.7 Å². The minimum atomic E-state index is -0.660. The fraction of sp³-hybridized carbons (Fsp3) is 0.968. The molecule has 3 N–H and O–H groups in total. The molecule has 0 aliphatic heterocycles. The van der Waals surface area contributed by atoms with Gasteiger partial charge in [0.1, 0.15) is 0 Å². The summed E-state index contributed by atoms with van der Waals surface area (Å²) in [5, 5.41) is 23.2. The summed E-state index contributed by atoms with van der Waals surface area (Å²) in [7, 11) is 0. The first kappa shape index (κ1) is 66.9. The first-order chi connectivity index (χ1) is 33.5. The van der Waals surface area contributed by atoms with Crippen LogP contribution < -0.4 is 5.32 Å². The van der Waals surface area contributed by atoms with Crippen LogP contribution in [0, 0.1) is 0 Å². The molecule has 0 aromatic carbocycles. The van der Waals surface area contributed by atoms with Crippen molar-refractivity contribution in [2.24, 2.45) is 0 Å². The van der Waals surface area contributed by atoms with Crippen LogP contribution in [0.3, 0.4) is 0 Å². The molecule has 6 heteroatoms. The summed E-state index contributed by atoms with van der Waals surface area (Å²) in [5.41, 5.74) is 0. The van der Waals surface area contributed by atoms with Gasteiger partial charge in [0.2, 0.25) is 5.91 Å². The van der Waals surface area contributed by atoms with Gasteiger partial charge >= 0.3 is 5.97 Å². The van der Waals surface area contributed by atoms with Gasteiger partial charge in [0, 0.05) is 12.8 Å². The van der Waals surface area contributed by atoms with E-state index in [0.29, 0.717) is 25.9 Å². The summed E-state index contributed by atoms with van der Waals surface area (Å²) in [5.74, 6) is -0.0122. The molecule has 0 saturated carbocycles. The minimum absolute atomic E-state index is 0.0207. The number of esters is 1. The first-order valence-corrected chi connectivity index (χ1v) is 31.3. The largest absolute Gasteiger partial charge is 0.466 e. The SMILES string of the molecule is CCCCCCCCCCCCCCCCCCC(=O)OCCCCCCCCCCCCCCCCCCCCCCCCCCCC(=O)NC(CO)C(O)CCCCCCCCCCCC. The smallest absolute Gasteiger partial charge is 0.305 e. The molecule has 2 unspecified atom stereocenters. The number of aliphatic hydroxyl groups is 2. The number of hydrogen-bond acceptors (Lipinski definition) is 5. The second kappa shape index (κ2) is 58.4. The average molecular weight is 963 g/mol. The molecule has 0 aromatic rings. The Labute approximate surface area is 426 Å². The highest BCUT2D eigenvalue weighted by molar-refractivity contribution is 5.76. The second-order valence-electron chi connectivity index (χ2n) is 21.8. The molecule has 1 amide bonds. The highest BCUT2D eigenvalue weighted by Crippen LogP contribution is 2.19. The molecular formula is C62H123NO5. The number of unbranched alkanes of at least 4 members (excludes halogenated alkanes) is 48. The molecule has 0 saturated heterocycles. The van der Waals surface area contributed by atoms with Gasteiger partial charge in [0.15, 0.2) is 0 Å². The van der Waals surface area contributed by atoms with E-state index in [-0.39, 0.29) is 18.5 Å². The Balaban J connectivity index is 3.31. The Morgan fingerprint density at radius 2 is 0.603 bits per heavy atom. The van der Waals surface area contributed by atoms with Crippen LogP contribution in [0.2, 0.25) is 0 Å². The lowest BCUT2D eigenvalue weighted by molar-refractivity contribution is -0.143. The number of carbonyl (C=O) groups excluding carboxylic acids is 2. The van der Waals surface area contributed by atoms with E-state index < -0.39 is 12.1 Å². The van der Waals surface area contributed by atoms with Crippen LogP contribution in [-0.4, -0.2) is 47.4 Å². The molecule has 0 radical (unpaired) electrons. The highest BCUT2D eigenvalue weighted by Gasteiger charge is 2.20. The predicted octanol–water partition coefficient (Wildman–Crippen LogP) is 19.5. The molecule has 0 aliphatic carbocycles. The topological polar surface area (TPSA) is 95.9 Å². The molecule has 0 rings (SSSR count). The number of amides is 1. The lowest BCUT2D eigenvalue weighted by Crippen LogP contribution is -2.45. The maximum absolute atomic E-state index is 12.4. The van der Waals surface area contributed by atoms with Gasteiger partial charge in [-0.25, -0.2) is 0 Å². The van der Waals surface area contributed by atoms with E-state index in [1.807, 2.05) is 0 Å². The van der Waals surface area contributed by atoms with Crippen LogP contribution in [-0.2, 0) is 14.3 Å². The van der Waals surface area contributed by atoms with E-state index >= 15 is 0 Å². The molecule has 0 spiro atoms. The van der Waals surface area contributed by atoms with Gasteiger partial charge in [-0.1, -0.05) is 322 Å². The van der Waals surface area contributed by atoms with Crippen LogP contribution in [0.4, 0.5) is 0 Å². The third kappa shape index (κ3) is 54.2. The molecule has 406 valence electrons. The lowest BCUT2D eigenvalue weighted by atomic mass is 10.0. The Morgan fingerprint density at radius 3 is 0.897 bits per heavy atom. The maximum Gasteiger partial charge on any atom is 0.305 e. The number of rotatable bonds is 59. The Hall–Kier alpha value is -1.14. The summed E-state index contributed by atoms with van der Waals surface area (Å²) in [6, 6.07) is -0.537. The minimum Gasteiger partial charge on any atom is -0.466 e. The summed E-state index contributed by atoms with van der Waals surface area (Å²) in [6.07, 6.45) is 68.4. The summed E-state index contributed by atoms with van der Waals surface area (Å²) in [4.78, 5) is 24.5. The normalized spacial score (nSPS) is 12.5. The van der Waals surface area contributed by atoms with Gasteiger partial charge in [0.05, 0.1) is 25.4 Å². The van der Waals surface area contributed by atoms with E-state index in [1.165, 1.54) is 289 Å². The van der Waals surface area contributed by atoms with Crippen molar-refractivity contribution < 1.29 is 24.5 Å². The van der Waals surface area contributed by atoms with Crippen molar-refractivity contribution in [2.75, 3.05) is 13.2 Å². The van der Waals surface area contributed by atoms with Crippen molar-refractivity contribution in [1.29, 1.82) is 0 Å². The molecule has 68 heavy (non-hydrogen) atoms. The van der Waals surface area contributed by atoms with Crippen molar-refractivity contribution >= 4 is 11.9 Å². The van der Waals surface area contributed by atoms with E-state index in [2.05, 4.69) is 19.2 Å². The van der Waals surface area contributed by atoms with Crippen molar-refractivity contribution in [3.05, 3.63) is 0 Å². The van der Waals surface area contributed by atoms with Crippen LogP contribution in [0.1, 0.15) is 361 Å². The molecular weight excluding hydrogens is 839 g/mol. The fourth-order valence-electron chi connectivity index (χ4n) is 10.1. The molecule has 0 aliphatic rings. The summed E-state index contributed by atoms with van der Waals surface area (Å²) in [6.45, 7) is 4.97. The third-order valence-corrected chi connectivity index (χ3v) is 14.9. The van der Waals surface area contributed by atoms with Crippen molar-refractivity contribution in [2.45, 2.75) is 373 Å². The Morgan fingerprint density at radius 1 is 0.353 bits per heavy atom. The molecule has 0 aromatic heterocycles. The fourth-order valence-corrected chi connectivity index (χ4v) is 10.1. The summed E-state index contributed by atoms with van der Waals surface area (Å²) >= 11 is 0. The molecule has 0 bridgehead atoms. The molecule has 0 heterocycles. The van der Waals surface area contributed by atoms with E-state index in [4.69, 9.17) is 4.74 Å². The zero-order valence-electron chi connectivity index (χ0n) is 46.4. The number of ether oxygens (including phenoxy) is 1. The molecule has 0 fully saturated rings. The predicted molar refractivity (Wildman–Crippen MR) is 297 cm³/mol. The molecule has 2 atom stereocenters. The molecule has 6 nitrogen and oxygen atoms in total. The first-order valence-electron chi connectivity index (χ1n) is 31.3. The van der Waals surface area contributed by atoms with Crippen LogP contribution in [0.5, 0.6) is 0 Å².